The summed E-state index contributed by atoms with van der Waals surface area (Å²) in [5.74, 6) is -1.36. The lowest BCUT2D eigenvalue weighted by molar-refractivity contribution is -0.200. The summed E-state index contributed by atoms with van der Waals surface area (Å²) in [6.07, 6.45) is 0.953. The van der Waals surface area contributed by atoms with Crippen LogP contribution >= 0.6 is 7.60 Å². The van der Waals surface area contributed by atoms with Crippen LogP contribution in [0.2, 0.25) is 0 Å². The molecular formula is C12H16N5O6P. The molecule has 2 aromatic rings. The molecule has 3 heterocycles. The number of hydrogen-bond donors (Lipinski definition) is 4. The van der Waals surface area contributed by atoms with Gasteiger partial charge in [0.1, 0.15) is 17.9 Å². The van der Waals surface area contributed by atoms with E-state index in [0.29, 0.717) is 11.2 Å². The number of nitrogens with two attached hydrogens (primary N) is 1. The molecule has 1 fully saturated rings. The summed E-state index contributed by atoms with van der Waals surface area (Å²) in [6, 6.07) is 0. The molecule has 12 heteroatoms. The third kappa shape index (κ3) is 3.05. The third-order valence-electron chi connectivity index (χ3n) is 3.59. The van der Waals surface area contributed by atoms with Gasteiger partial charge in [-0.25, -0.2) is 15.0 Å². The van der Waals surface area contributed by atoms with E-state index in [9.17, 15) is 9.67 Å². The van der Waals surface area contributed by atoms with Crippen LogP contribution in [0.15, 0.2) is 25.3 Å². The van der Waals surface area contributed by atoms with Crippen LogP contribution in [0.5, 0.6) is 0 Å². The predicted octanol–water partition coefficient (Wildman–Crippen LogP) is -0.278. The number of hydrogen-bond acceptors (Lipinski definition) is 8. The monoisotopic (exact) mass is 357 g/mol. The molecule has 130 valence electrons. The number of aliphatic hydroxyl groups is 1. The minimum absolute atomic E-state index is 0.0680. The first-order valence-electron chi connectivity index (χ1n) is 6.86. The van der Waals surface area contributed by atoms with Gasteiger partial charge in [0.15, 0.2) is 29.8 Å². The van der Waals surface area contributed by atoms with E-state index < -0.39 is 32.1 Å². The Hall–Kier alpha value is -1.88. The molecular weight excluding hydrogens is 341 g/mol. The zero-order valence-corrected chi connectivity index (χ0v) is 13.3. The minimum atomic E-state index is -4.41. The average Bonchev–Trinajstić information content (AvgIpc) is 3.07. The zero-order valence-electron chi connectivity index (χ0n) is 12.4. The van der Waals surface area contributed by atoms with Gasteiger partial charge in [0.25, 0.3) is 0 Å². The highest BCUT2D eigenvalue weighted by Gasteiger charge is 2.47. The van der Waals surface area contributed by atoms with Gasteiger partial charge in [-0.05, 0) is 6.08 Å². The molecule has 0 spiro atoms. The highest BCUT2D eigenvalue weighted by Crippen LogP contribution is 2.43. The van der Waals surface area contributed by atoms with Gasteiger partial charge in [0.05, 0.1) is 6.33 Å². The van der Waals surface area contributed by atoms with Gasteiger partial charge in [-0.1, -0.05) is 6.58 Å². The molecule has 0 radical (unpaired) electrons. The van der Waals surface area contributed by atoms with E-state index in [1.54, 1.807) is 0 Å². The maximum atomic E-state index is 11.0. The predicted molar refractivity (Wildman–Crippen MR) is 81.4 cm³/mol. The van der Waals surface area contributed by atoms with Crippen molar-refractivity contribution in [1.29, 1.82) is 0 Å². The number of fused-ring (bicyclic) bond motifs is 1. The van der Waals surface area contributed by atoms with Gasteiger partial charge in [0.2, 0.25) is 0 Å². The highest BCUT2D eigenvalue weighted by molar-refractivity contribution is 7.51. The van der Waals surface area contributed by atoms with Crippen LogP contribution in [0.1, 0.15) is 12.6 Å². The summed E-state index contributed by atoms with van der Waals surface area (Å²) in [5.41, 5.74) is 6.42. The zero-order chi connectivity index (χ0) is 17.5. The largest absolute Gasteiger partial charge is 0.388 e. The number of anilines is 1. The van der Waals surface area contributed by atoms with Crippen LogP contribution in [0.3, 0.4) is 0 Å². The first kappa shape index (κ1) is 17.0. The van der Waals surface area contributed by atoms with Gasteiger partial charge in [0, 0.05) is 6.42 Å². The van der Waals surface area contributed by atoms with E-state index in [1.165, 1.54) is 23.3 Å². The smallest absolute Gasteiger partial charge is 0.351 e. The molecule has 1 aliphatic heterocycles. The Morgan fingerprint density at radius 3 is 2.96 bits per heavy atom. The van der Waals surface area contributed by atoms with E-state index in [-0.39, 0.29) is 12.2 Å². The first-order chi connectivity index (χ1) is 11.2. The molecule has 3 rings (SSSR count). The fourth-order valence-electron chi connectivity index (χ4n) is 2.50. The SMILES string of the molecule is C=CC1(OCP(=O)(O)O)CC(O)C(n2cnc3c(N)ncnc32)O1. The van der Waals surface area contributed by atoms with Crippen molar-refractivity contribution in [3.63, 3.8) is 0 Å². The first-order valence-corrected chi connectivity index (χ1v) is 8.65. The Labute approximate surface area is 135 Å². The summed E-state index contributed by atoms with van der Waals surface area (Å²) < 4.78 is 23.3. The van der Waals surface area contributed by atoms with Crippen molar-refractivity contribution in [2.75, 3.05) is 12.1 Å². The Kier molecular flexibility index (Phi) is 4.16. The molecule has 1 aliphatic rings. The number of nitrogen functional groups attached to an aromatic ring is 1. The summed E-state index contributed by atoms with van der Waals surface area (Å²) in [4.78, 5) is 29.9. The molecule has 3 unspecified atom stereocenters. The van der Waals surface area contributed by atoms with E-state index in [0.717, 1.165) is 0 Å². The summed E-state index contributed by atoms with van der Waals surface area (Å²) >= 11 is 0. The molecule has 0 aliphatic carbocycles. The van der Waals surface area contributed by atoms with Crippen molar-refractivity contribution in [2.45, 2.75) is 24.5 Å². The topological polar surface area (TPSA) is 166 Å². The molecule has 24 heavy (non-hydrogen) atoms. The normalized spacial score (nSPS) is 27.6. The second-order valence-electron chi connectivity index (χ2n) is 5.32. The molecule has 0 amide bonds. The van der Waals surface area contributed by atoms with Gasteiger partial charge >= 0.3 is 7.60 Å². The lowest BCUT2D eigenvalue weighted by Gasteiger charge is -2.26. The average molecular weight is 357 g/mol. The van der Waals surface area contributed by atoms with E-state index in [1.807, 2.05) is 0 Å². The van der Waals surface area contributed by atoms with Gasteiger partial charge in [-0.15, -0.1) is 0 Å². The van der Waals surface area contributed by atoms with E-state index in [4.69, 9.17) is 25.0 Å². The van der Waals surface area contributed by atoms with Crippen molar-refractivity contribution in [2.24, 2.45) is 0 Å². The van der Waals surface area contributed by atoms with Crippen LogP contribution in [0.4, 0.5) is 5.82 Å². The summed E-state index contributed by atoms with van der Waals surface area (Å²) in [5, 5.41) is 10.3. The molecule has 0 bridgehead atoms. The van der Waals surface area contributed by atoms with Crippen molar-refractivity contribution in [3.05, 3.63) is 25.3 Å². The van der Waals surface area contributed by atoms with Crippen molar-refractivity contribution >= 4 is 24.6 Å². The molecule has 1 saturated heterocycles. The minimum Gasteiger partial charge on any atom is -0.388 e. The maximum Gasteiger partial charge on any atom is 0.351 e. The number of ether oxygens (including phenoxy) is 2. The lowest BCUT2D eigenvalue weighted by Crippen LogP contribution is -2.30. The Balaban J connectivity index is 1.90. The van der Waals surface area contributed by atoms with Crippen LogP contribution in [-0.2, 0) is 14.0 Å². The molecule has 0 aromatic carbocycles. The number of rotatable bonds is 5. The van der Waals surface area contributed by atoms with Crippen LogP contribution < -0.4 is 5.73 Å². The van der Waals surface area contributed by atoms with E-state index in [2.05, 4.69) is 21.5 Å². The van der Waals surface area contributed by atoms with Crippen molar-refractivity contribution in [3.8, 4) is 0 Å². The Morgan fingerprint density at radius 2 is 2.29 bits per heavy atom. The van der Waals surface area contributed by atoms with Gasteiger partial charge < -0.3 is 30.1 Å². The number of aliphatic hydroxyl groups excluding tert-OH is 1. The molecule has 5 N–H and O–H groups in total. The van der Waals surface area contributed by atoms with Gasteiger partial charge in [-0.3, -0.25) is 9.13 Å². The molecule has 3 atom stereocenters. The lowest BCUT2D eigenvalue weighted by atomic mass is 10.1. The van der Waals surface area contributed by atoms with Crippen molar-refractivity contribution < 1.29 is 28.9 Å². The van der Waals surface area contributed by atoms with Crippen LogP contribution in [0, 0.1) is 0 Å². The number of nitrogens with zero attached hydrogens (tertiary/aromatic N) is 4. The summed E-state index contributed by atoms with van der Waals surface area (Å²) in [7, 11) is -4.41. The number of imidazole rings is 1. The van der Waals surface area contributed by atoms with Crippen LogP contribution in [0.25, 0.3) is 11.2 Å². The third-order valence-corrected chi connectivity index (χ3v) is 4.06. The molecule has 11 nitrogen and oxygen atoms in total. The molecule has 0 saturated carbocycles. The van der Waals surface area contributed by atoms with Gasteiger partial charge in [-0.2, -0.15) is 0 Å². The van der Waals surface area contributed by atoms with E-state index >= 15 is 0 Å². The quantitative estimate of drug-likeness (QED) is 0.413. The summed E-state index contributed by atoms with van der Waals surface area (Å²) in [6.45, 7) is 3.56. The second-order valence-corrected chi connectivity index (χ2v) is 6.90. The number of aromatic nitrogens is 4. The standard InChI is InChI=1S/C12H16N5O6P/c1-2-12(22-6-24(19,20)21)3-7(18)11(23-12)17-5-16-8-9(13)14-4-15-10(8)17/h2,4-5,7,11,18H,1,3,6H2,(H2,13,14,15)(H2,19,20,21). The fraction of sp³-hybridized carbons (Fsp3) is 0.417. The highest BCUT2D eigenvalue weighted by atomic mass is 31.2. The Morgan fingerprint density at radius 1 is 1.54 bits per heavy atom. The van der Waals surface area contributed by atoms with Crippen molar-refractivity contribution in [1.82, 2.24) is 19.5 Å². The van der Waals surface area contributed by atoms with Crippen LogP contribution in [-0.4, -0.2) is 52.7 Å². The second kappa shape index (κ2) is 5.88. The fourth-order valence-corrected chi connectivity index (χ4v) is 2.89. The maximum absolute atomic E-state index is 11.0. The Bertz CT molecular complexity index is 821. The molecule has 2 aromatic heterocycles.